The van der Waals surface area contributed by atoms with Crippen molar-refractivity contribution in [1.29, 1.82) is 0 Å². The second-order valence-corrected chi connectivity index (χ2v) is 7.12. The van der Waals surface area contributed by atoms with Crippen molar-refractivity contribution in [3.8, 4) is 0 Å². The second-order valence-electron chi connectivity index (χ2n) is 5.98. The number of anilines is 1. The molecule has 2 unspecified atom stereocenters. The van der Waals surface area contributed by atoms with Gasteiger partial charge in [0.15, 0.2) is 23.4 Å². The standard InChI is InChI=1S/C17H23F3N4OS/c1-3-21-17(23-10-4-5-11(8-10)26-2)22-9-14(25)24-13-7-6-12(18)15(19)16(13)20/h6-7,10-11H,3-5,8-9H2,1-2H3,(H,24,25)(H2,21,22,23). The van der Waals surface area contributed by atoms with E-state index >= 15 is 0 Å². The molecule has 0 spiro atoms. The van der Waals surface area contributed by atoms with Gasteiger partial charge in [0.05, 0.1) is 5.69 Å². The van der Waals surface area contributed by atoms with Crippen molar-refractivity contribution < 1.29 is 18.0 Å². The summed E-state index contributed by atoms with van der Waals surface area (Å²) in [6, 6.07) is 2.02. The van der Waals surface area contributed by atoms with Crippen molar-refractivity contribution in [2.45, 2.75) is 37.5 Å². The summed E-state index contributed by atoms with van der Waals surface area (Å²) in [6.07, 6.45) is 5.28. The Morgan fingerprint density at radius 3 is 2.69 bits per heavy atom. The number of hydrogen-bond donors (Lipinski definition) is 3. The van der Waals surface area contributed by atoms with Crippen LogP contribution >= 0.6 is 11.8 Å². The minimum atomic E-state index is -1.62. The highest BCUT2D eigenvalue weighted by Crippen LogP contribution is 2.28. The molecule has 1 fully saturated rings. The minimum absolute atomic E-state index is 0.271. The summed E-state index contributed by atoms with van der Waals surface area (Å²) in [5, 5.41) is 9.17. The van der Waals surface area contributed by atoms with Gasteiger partial charge in [-0.05, 0) is 44.6 Å². The molecule has 1 amide bonds. The van der Waals surface area contributed by atoms with Crippen molar-refractivity contribution >= 4 is 29.3 Å². The minimum Gasteiger partial charge on any atom is -0.357 e. The van der Waals surface area contributed by atoms with Crippen LogP contribution in [0.2, 0.25) is 0 Å². The molecule has 1 aromatic carbocycles. The number of hydrogen-bond acceptors (Lipinski definition) is 3. The maximum absolute atomic E-state index is 13.6. The first-order valence-corrected chi connectivity index (χ1v) is 9.74. The summed E-state index contributed by atoms with van der Waals surface area (Å²) in [5.74, 6) is -4.48. The maximum atomic E-state index is 13.6. The van der Waals surface area contributed by atoms with Gasteiger partial charge in [-0.2, -0.15) is 11.8 Å². The zero-order valence-corrected chi connectivity index (χ0v) is 15.6. The quantitative estimate of drug-likeness (QED) is 0.398. The molecule has 1 aliphatic rings. The topological polar surface area (TPSA) is 65.5 Å². The number of aliphatic imine (C=N–C) groups is 1. The van der Waals surface area contributed by atoms with E-state index in [0.29, 0.717) is 17.8 Å². The number of carbonyl (C=O) groups is 1. The average Bonchev–Trinajstić information content (AvgIpc) is 3.08. The molecule has 0 radical (unpaired) electrons. The van der Waals surface area contributed by atoms with Crippen LogP contribution in [0, 0.1) is 17.5 Å². The molecule has 1 saturated carbocycles. The van der Waals surface area contributed by atoms with Crippen LogP contribution in [0.5, 0.6) is 0 Å². The number of guanidine groups is 1. The zero-order chi connectivity index (χ0) is 19.1. The highest BCUT2D eigenvalue weighted by Gasteiger charge is 2.24. The highest BCUT2D eigenvalue weighted by atomic mass is 32.2. The number of nitrogens with one attached hydrogen (secondary N) is 3. The van der Waals surface area contributed by atoms with E-state index < -0.39 is 29.0 Å². The van der Waals surface area contributed by atoms with E-state index in [1.165, 1.54) is 0 Å². The first kappa shape index (κ1) is 20.4. The van der Waals surface area contributed by atoms with Crippen LogP contribution in [0.1, 0.15) is 26.2 Å². The molecular formula is C17H23F3N4OS. The largest absolute Gasteiger partial charge is 0.357 e. The number of thioether (sulfide) groups is 1. The van der Waals surface area contributed by atoms with E-state index in [1.807, 2.05) is 18.7 Å². The third-order valence-electron chi connectivity index (χ3n) is 4.09. The van der Waals surface area contributed by atoms with Gasteiger partial charge in [0, 0.05) is 17.8 Å². The van der Waals surface area contributed by atoms with Gasteiger partial charge in [-0.1, -0.05) is 0 Å². The van der Waals surface area contributed by atoms with E-state index in [4.69, 9.17) is 0 Å². The number of rotatable bonds is 6. The van der Waals surface area contributed by atoms with E-state index in [-0.39, 0.29) is 12.6 Å². The van der Waals surface area contributed by atoms with E-state index in [9.17, 15) is 18.0 Å². The molecule has 2 atom stereocenters. The second kappa shape index (κ2) is 9.70. The Bertz CT molecular complexity index is 672. The van der Waals surface area contributed by atoms with Gasteiger partial charge < -0.3 is 16.0 Å². The molecule has 26 heavy (non-hydrogen) atoms. The van der Waals surface area contributed by atoms with Crippen LogP contribution in [0.15, 0.2) is 17.1 Å². The summed E-state index contributed by atoms with van der Waals surface area (Å²) >= 11 is 1.84. The van der Waals surface area contributed by atoms with E-state index in [0.717, 1.165) is 31.4 Å². The summed E-state index contributed by atoms with van der Waals surface area (Å²) in [7, 11) is 0. The SMILES string of the molecule is CCNC(=NCC(=O)Nc1ccc(F)c(F)c1F)NC1CCC(SC)C1. The first-order valence-electron chi connectivity index (χ1n) is 8.45. The Kier molecular flexibility index (Phi) is 7.62. The molecule has 0 heterocycles. The fourth-order valence-electron chi connectivity index (χ4n) is 2.76. The summed E-state index contributed by atoms with van der Waals surface area (Å²) in [6.45, 7) is 2.27. The third kappa shape index (κ3) is 5.55. The van der Waals surface area contributed by atoms with Crippen LogP contribution < -0.4 is 16.0 Å². The van der Waals surface area contributed by atoms with Gasteiger partial charge in [-0.15, -0.1) is 0 Å². The smallest absolute Gasteiger partial charge is 0.246 e. The Balaban J connectivity index is 1.94. The average molecular weight is 388 g/mol. The van der Waals surface area contributed by atoms with Crippen LogP contribution in [0.25, 0.3) is 0 Å². The summed E-state index contributed by atoms with van der Waals surface area (Å²) < 4.78 is 39.7. The lowest BCUT2D eigenvalue weighted by Crippen LogP contribution is -2.43. The Morgan fingerprint density at radius 2 is 2.04 bits per heavy atom. The number of nitrogens with zero attached hydrogens (tertiary/aromatic N) is 1. The lowest BCUT2D eigenvalue weighted by atomic mass is 10.2. The Labute approximate surface area is 155 Å². The molecule has 1 aliphatic carbocycles. The van der Waals surface area contributed by atoms with Crippen molar-refractivity contribution in [3.05, 3.63) is 29.6 Å². The maximum Gasteiger partial charge on any atom is 0.246 e. The van der Waals surface area contributed by atoms with Gasteiger partial charge in [0.2, 0.25) is 5.91 Å². The summed E-state index contributed by atoms with van der Waals surface area (Å²) in [5.41, 5.74) is -0.416. The van der Waals surface area contributed by atoms with Crippen LogP contribution in [-0.4, -0.2) is 42.5 Å². The Hall–Kier alpha value is -1.90. The number of carbonyl (C=O) groups excluding carboxylic acids is 1. The number of benzene rings is 1. The normalized spacial score (nSPS) is 20.1. The van der Waals surface area contributed by atoms with E-state index in [2.05, 4.69) is 27.2 Å². The molecule has 2 rings (SSSR count). The monoisotopic (exact) mass is 388 g/mol. The molecule has 0 aromatic heterocycles. The summed E-state index contributed by atoms with van der Waals surface area (Å²) in [4.78, 5) is 16.1. The van der Waals surface area contributed by atoms with Gasteiger partial charge >= 0.3 is 0 Å². The van der Waals surface area contributed by atoms with Gasteiger partial charge in [0.25, 0.3) is 0 Å². The van der Waals surface area contributed by atoms with Gasteiger partial charge in [-0.3, -0.25) is 4.79 Å². The molecule has 0 aliphatic heterocycles. The first-order chi connectivity index (χ1) is 12.4. The fourth-order valence-corrected chi connectivity index (χ4v) is 3.56. The number of amides is 1. The van der Waals surface area contributed by atoms with Crippen molar-refractivity contribution in [2.75, 3.05) is 24.7 Å². The van der Waals surface area contributed by atoms with Crippen molar-refractivity contribution in [3.63, 3.8) is 0 Å². The molecule has 144 valence electrons. The molecule has 0 bridgehead atoms. The lowest BCUT2D eigenvalue weighted by molar-refractivity contribution is -0.114. The molecule has 9 heteroatoms. The van der Waals surface area contributed by atoms with Gasteiger partial charge in [0.1, 0.15) is 6.54 Å². The molecule has 3 N–H and O–H groups in total. The fraction of sp³-hybridized carbons (Fsp3) is 0.529. The number of halogens is 3. The molecule has 0 saturated heterocycles. The zero-order valence-electron chi connectivity index (χ0n) is 14.7. The van der Waals surface area contributed by atoms with Crippen LogP contribution in [0.4, 0.5) is 18.9 Å². The predicted octanol–water partition coefficient (Wildman–Crippen LogP) is 2.88. The van der Waals surface area contributed by atoms with Crippen LogP contribution in [0.3, 0.4) is 0 Å². The predicted molar refractivity (Wildman–Crippen MR) is 99.0 cm³/mol. The van der Waals surface area contributed by atoms with Gasteiger partial charge in [-0.25, -0.2) is 18.2 Å². The van der Waals surface area contributed by atoms with Crippen molar-refractivity contribution in [2.24, 2.45) is 4.99 Å². The molecular weight excluding hydrogens is 365 g/mol. The van der Waals surface area contributed by atoms with E-state index in [1.54, 1.807) is 0 Å². The third-order valence-corrected chi connectivity index (χ3v) is 5.19. The van der Waals surface area contributed by atoms with Crippen LogP contribution in [-0.2, 0) is 4.79 Å². The Morgan fingerprint density at radius 1 is 1.27 bits per heavy atom. The molecule has 5 nitrogen and oxygen atoms in total. The molecule has 1 aromatic rings. The lowest BCUT2D eigenvalue weighted by Gasteiger charge is -2.17. The van der Waals surface area contributed by atoms with Crippen molar-refractivity contribution in [1.82, 2.24) is 10.6 Å². The highest BCUT2D eigenvalue weighted by molar-refractivity contribution is 7.99.